The summed E-state index contributed by atoms with van der Waals surface area (Å²) in [7, 11) is 2.12. The Hall–Kier alpha value is -1.99. The van der Waals surface area contributed by atoms with E-state index in [1.54, 1.807) is 6.07 Å². The molecule has 7 nitrogen and oxygen atoms in total. The van der Waals surface area contributed by atoms with Crippen molar-refractivity contribution in [2.24, 2.45) is 0 Å². The fourth-order valence-electron chi connectivity index (χ4n) is 5.48. The number of nitrogens with zero attached hydrogens (tertiary/aromatic N) is 4. The van der Waals surface area contributed by atoms with Gasteiger partial charge in [0.25, 0.3) is 0 Å². The van der Waals surface area contributed by atoms with Gasteiger partial charge in [-0.3, -0.25) is 4.79 Å². The molecule has 1 saturated heterocycles. The quantitative estimate of drug-likeness (QED) is 0.647. The molecule has 2 aromatic heterocycles. The molecule has 0 amide bonds. The normalized spacial score (nSPS) is 26.8. The zero-order valence-corrected chi connectivity index (χ0v) is 18.8. The monoisotopic (exact) mass is 444 g/mol. The summed E-state index contributed by atoms with van der Waals surface area (Å²) in [5.74, 6) is 1.89. The van der Waals surface area contributed by atoms with E-state index >= 15 is 0 Å². The van der Waals surface area contributed by atoms with E-state index in [0.717, 1.165) is 69.2 Å². The van der Waals surface area contributed by atoms with Crippen molar-refractivity contribution in [1.29, 1.82) is 0 Å². The van der Waals surface area contributed by atoms with E-state index < -0.39 is 5.41 Å². The third kappa shape index (κ3) is 3.87. The molecule has 166 valence electrons. The first-order chi connectivity index (χ1) is 15.1. The lowest BCUT2D eigenvalue weighted by Gasteiger charge is -2.33. The van der Waals surface area contributed by atoms with Crippen molar-refractivity contribution in [2.45, 2.75) is 75.7 Å². The summed E-state index contributed by atoms with van der Waals surface area (Å²) in [4.78, 5) is 24.3. The molecule has 0 radical (unpaired) electrons. The van der Waals surface area contributed by atoms with Crippen LogP contribution in [0.5, 0.6) is 5.88 Å². The number of rotatable bonds is 4. The van der Waals surface area contributed by atoms with Crippen molar-refractivity contribution < 1.29 is 14.1 Å². The van der Waals surface area contributed by atoms with Crippen LogP contribution in [0.3, 0.4) is 0 Å². The molecule has 3 aliphatic rings. The van der Waals surface area contributed by atoms with Crippen molar-refractivity contribution >= 4 is 17.4 Å². The van der Waals surface area contributed by atoms with Gasteiger partial charge < -0.3 is 14.2 Å². The Labute approximate surface area is 187 Å². The number of likely N-dealkylation sites (tertiary alicyclic amines) is 1. The second-order valence-electron chi connectivity index (χ2n) is 9.20. The lowest BCUT2D eigenvalue weighted by atomic mass is 9.68. The summed E-state index contributed by atoms with van der Waals surface area (Å²) < 4.78 is 11.9. The number of fused-ring (bicyclic) bond motifs is 2. The lowest BCUT2D eigenvalue weighted by molar-refractivity contribution is -0.127. The minimum absolute atomic E-state index is 0.293. The first kappa shape index (κ1) is 20.9. The zero-order valence-electron chi connectivity index (χ0n) is 18.0. The fraction of sp³-hybridized carbons (Fsp3) is 0.652. The third-order valence-corrected chi connectivity index (χ3v) is 7.47. The number of carbonyl (C=O) groups excluding carboxylic acids is 1. The maximum atomic E-state index is 13.0. The Kier molecular flexibility index (Phi) is 5.73. The summed E-state index contributed by atoms with van der Waals surface area (Å²) in [5.41, 5.74) is 1.04. The molecule has 1 aliphatic heterocycles. The standard InChI is InChI=1S/C23H29ClN4O3/c1-28-12-6-7-15(28)14-30-19-13-18(24)25-22(26-19)20-16-8-2-4-10-23(21(16)31-27-20)11-5-3-9-17(23)29/h13,15H,2-12,14H2,1H3. The average Bonchev–Trinajstić information content (AvgIpc) is 3.32. The number of hydrogen-bond acceptors (Lipinski definition) is 7. The van der Waals surface area contributed by atoms with E-state index in [2.05, 4.69) is 27.1 Å². The van der Waals surface area contributed by atoms with Gasteiger partial charge in [-0.25, -0.2) is 4.98 Å². The van der Waals surface area contributed by atoms with Crippen molar-refractivity contribution in [3.63, 3.8) is 0 Å². The van der Waals surface area contributed by atoms with Crippen LogP contribution in [0.2, 0.25) is 5.15 Å². The Bertz CT molecular complexity index is 978. The third-order valence-electron chi connectivity index (χ3n) is 7.27. The van der Waals surface area contributed by atoms with E-state index in [1.807, 2.05) is 0 Å². The van der Waals surface area contributed by atoms with Crippen molar-refractivity contribution in [1.82, 2.24) is 20.0 Å². The second-order valence-corrected chi connectivity index (χ2v) is 9.59. The number of ketones is 1. The van der Waals surface area contributed by atoms with Gasteiger partial charge in [0.05, 0.1) is 5.41 Å². The fourth-order valence-corrected chi connectivity index (χ4v) is 5.65. The zero-order chi connectivity index (χ0) is 21.4. The van der Waals surface area contributed by atoms with Gasteiger partial charge in [0.15, 0.2) is 17.3 Å². The molecule has 1 saturated carbocycles. The Morgan fingerprint density at radius 1 is 1.19 bits per heavy atom. The van der Waals surface area contributed by atoms with Crippen LogP contribution in [0.1, 0.15) is 69.1 Å². The molecule has 2 aliphatic carbocycles. The number of carbonyl (C=O) groups is 1. The minimum atomic E-state index is -0.527. The van der Waals surface area contributed by atoms with Gasteiger partial charge in [-0.15, -0.1) is 0 Å². The Morgan fingerprint density at radius 2 is 2.00 bits per heavy atom. The van der Waals surface area contributed by atoms with Gasteiger partial charge >= 0.3 is 0 Å². The van der Waals surface area contributed by atoms with E-state index in [9.17, 15) is 4.79 Å². The molecule has 5 rings (SSSR count). The van der Waals surface area contributed by atoms with Crippen LogP contribution in [0.4, 0.5) is 0 Å². The molecule has 2 aromatic rings. The molecule has 2 atom stereocenters. The SMILES string of the molecule is CN1CCCC1COc1cc(Cl)nc(-c2noc3c2CCCCC32CCCCC2=O)n1. The van der Waals surface area contributed by atoms with Gasteiger partial charge in [0.1, 0.15) is 17.5 Å². The lowest BCUT2D eigenvalue weighted by Crippen LogP contribution is -2.38. The highest BCUT2D eigenvalue weighted by molar-refractivity contribution is 6.29. The summed E-state index contributed by atoms with van der Waals surface area (Å²) >= 11 is 6.32. The topological polar surface area (TPSA) is 81.4 Å². The predicted molar refractivity (Wildman–Crippen MR) is 116 cm³/mol. The molecule has 0 bridgehead atoms. The summed E-state index contributed by atoms with van der Waals surface area (Å²) in [6, 6.07) is 2.03. The molecule has 2 unspecified atom stereocenters. The molecule has 0 N–H and O–H groups in total. The van der Waals surface area contributed by atoms with E-state index in [-0.39, 0.29) is 0 Å². The summed E-state index contributed by atoms with van der Waals surface area (Å²) in [6.45, 7) is 1.66. The Balaban J connectivity index is 1.46. The van der Waals surface area contributed by atoms with E-state index in [0.29, 0.717) is 47.4 Å². The maximum Gasteiger partial charge on any atom is 0.218 e. The molecule has 8 heteroatoms. The molecule has 2 fully saturated rings. The van der Waals surface area contributed by atoms with Gasteiger partial charge in [-0.05, 0) is 58.5 Å². The second kappa shape index (κ2) is 8.51. The average molecular weight is 445 g/mol. The van der Waals surface area contributed by atoms with Crippen LogP contribution in [-0.2, 0) is 16.6 Å². The van der Waals surface area contributed by atoms with Crippen LogP contribution in [0.15, 0.2) is 10.6 Å². The number of Topliss-reactive ketones (excluding diaryl/α,β-unsaturated/α-hetero) is 1. The number of likely N-dealkylation sites (N-methyl/N-ethyl adjacent to an activating group) is 1. The number of halogens is 1. The predicted octanol–water partition coefficient (Wildman–Crippen LogP) is 4.37. The van der Waals surface area contributed by atoms with E-state index in [4.69, 9.17) is 20.9 Å². The molecular formula is C23H29ClN4O3. The van der Waals surface area contributed by atoms with Crippen molar-refractivity contribution in [3.05, 3.63) is 22.5 Å². The largest absolute Gasteiger partial charge is 0.476 e. The van der Waals surface area contributed by atoms with Crippen LogP contribution in [0, 0.1) is 0 Å². The molecule has 0 aromatic carbocycles. The number of ether oxygens (including phenoxy) is 1. The summed E-state index contributed by atoms with van der Waals surface area (Å²) in [6.07, 6.45) is 9.43. The highest BCUT2D eigenvalue weighted by Gasteiger charge is 2.47. The molecule has 3 heterocycles. The van der Waals surface area contributed by atoms with Crippen LogP contribution >= 0.6 is 11.6 Å². The van der Waals surface area contributed by atoms with Crippen molar-refractivity contribution in [3.8, 4) is 17.4 Å². The molecule has 1 spiro atoms. The van der Waals surface area contributed by atoms with Gasteiger partial charge in [-0.2, -0.15) is 4.98 Å². The van der Waals surface area contributed by atoms with Gasteiger partial charge in [0.2, 0.25) is 5.88 Å². The Morgan fingerprint density at radius 3 is 2.77 bits per heavy atom. The molecule has 31 heavy (non-hydrogen) atoms. The van der Waals surface area contributed by atoms with Crippen LogP contribution < -0.4 is 4.74 Å². The maximum absolute atomic E-state index is 13.0. The van der Waals surface area contributed by atoms with Crippen molar-refractivity contribution in [2.75, 3.05) is 20.2 Å². The van der Waals surface area contributed by atoms with Crippen LogP contribution in [-0.4, -0.2) is 52.0 Å². The van der Waals surface area contributed by atoms with Gasteiger partial charge in [-0.1, -0.05) is 29.6 Å². The molecular weight excluding hydrogens is 416 g/mol. The smallest absolute Gasteiger partial charge is 0.218 e. The number of aromatic nitrogens is 3. The first-order valence-electron chi connectivity index (χ1n) is 11.5. The van der Waals surface area contributed by atoms with Crippen LogP contribution in [0.25, 0.3) is 11.5 Å². The minimum Gasteiger partial charge on any atom is -0.476 e. The van der Waals surface area contributed by atoms with Gasteiger partial charge in [0, 0.05) is 24.1 Å². The number of hydrogen-bond donors (Lipinski definition) is 0. The highest BCUT2D eigenvalue weighted by Crippen LogP contribution is 2.46. The van der Waals surface area contributed by atoms with E-state index in [1.165, 1.54) is 6.42 Å². The summed E-state index contributed by atoms with van der Waals surface area (Å²) in [5, 5.41) is 4.66. The highest BCUT2D eigenvalue weighted by atomic mass is 35.5. The first-order valence-corrected chi connectivity index (χ1v) is 11.8.